The molecule has 5 nitrogen and oxygen atoms in total. The number of urea groups is 1. The van der Waals surface area contributed by atoms with E-state index < -0.39 is 0 Å². The van der Waals surface area contributed by atoms with Crippen molar-refractivity contribution in [2.75, 3.05) is 18.4 Å². The van der Waals surface area contributed by atoms with Gasteiger partial charge in [0.25, 0.3) is 0 Å². The van der Waals surface area contributed by atoms with Crippen molar-refractivity contribution in [3.63, 3.8) is 0 Å². The van der Waals surface area contributed by atoms with Gasteiger partial charge in [-0.2, -0.15) is 0 Å². The van der Waals surface area contributed by atoms with Crippen molar-refractivity contribution >= 4 is 17.7 Å². The highest BCUT2D eigenvalue weighted by Gasteiger charge is 2.12. The first-order chi connectivity index (χ1) is 8.56. The number of aliphatic imine (C=N–C) groups is 1. The summed E-state index contributed by atoms with van der Waals surface area (Å²) >= 11 is 0. The zero-order chi connectivity index (χ0) is 13.1. The number of hydrogen-bond donors (Lipinski definition) is 3. The van der Waals surface area contributed by atoms with E-state index in [0.29, 0.717) is 29.3 Å². The molecule has 3 N–H and O–H groups in total. The second-order valence-corrected chi connectivity index (χ2v) is 4.15. The molecular formula is C12H15FN4O. The maximum absolute atomic E-state index is 13.1. The van der Waals surface area contributed by atoms with Crippen LogP contribution in [-0.2, 0) is 0 Å². The van der Waals surface area contributed by atoms with Crippen LogP contribution in [0.15, 0.2) is 17.1 Å². The van der Waals surface area contributed by atoms with Gasteiger partial charge >= 0.3 is 6.03 Å². The third-order valence-electron chi connectivity index (χ3n) is 2.64. The first-order valence-electron chi connectivity index (χ1n) is 5.69. The Kier molecular flexibility index (Phi) is 3.45. The largest absolute Gasteiger partial charge is 0.354 e. The predicted molar refractivity (Wildman–Crippen MR) is 68.3 cm³/mol. The Morgan fingerprint density at radius 1 is 1.33 bits per heavy atom. The van der Waals surface area contributed by atoms with Crippen molar-refractivity contribution in [1.82, 2.24) is 10.6 Å². The Balaban J connectivity index is 2.07. The second-order valence-electron chi connectivity index (χ2n) is 4.15. The van der Waals surface area contributed by atoms with Gasteiger partial charge in [-0.1, -0.05) is 0 Å². The lowest BCUT2D eigenvalue weighted by atomic mass is 10.1. The van der Waals surface area contributed by atoms with E-state index in [2.05, 4.69) is 20.9 Å². The summed E-state index contributed by atoms with van der Waals surface area (Å²) in [6.07, 6.45) is 0. The molecule has 0 saturated heterocycles. The van der Waals surface area contributed by atoms with Gasteiger partial charge < -0.3 is 10.6 Å². The van der Waals surface area contributed by atoms with Crippen LogP contribution >= 0.6 is 0 Å². The maximum atomic E-state index is 13.1. The molecule has 1 aromatic carbocycles. The minimum Gasteiger partial charge on any atom is -0.354 e. The van der Waals surface area contributed by atoms with Gasteiger partial charge in [-0.3, -0.25) is 10.3 Å². The summed E-state index contributed by atoms with van der Waals surface area (Å²) in [5.74, 6) is 0.155. The number of guanidine groups is 1. The fraction of sp³-hybridized carbons (Fsp3) is 0.333. The van der Waals surface area contributed by atoms with E-state index >= 15 is 0 Å². The Hall–Kier alpha value is -2.11. The van der Waals surface area contributed by atoms with E-state index in [1.54, 1.807) is 13.8 Å². The number of hydrogen-bond acceptors (Lipinski definition) is 3. The van der Waals surface area contributed by atoms with Crippen molar-refractivity contribution in [2.45, 2.75) is 13.8 Å². The Bertz CT molecular complexity index is 490. The van der Waals surface area contributed by atoms with Crippen LogP contribution in [0.2, 0.25) is 0 Å². The molecule has 1 aliphatic rings. The normalized spacial score (nSPS) is 13.8. The minimum absolute atomic E-state index is 0.308. The molecule has 2 amide bonds. The smallest absolute Gasteiger partial charge is 0.326 e. The number of carbonyl (C=O) groups excluding carboxylic acids is 1. The quantitative estimate of drug-likeness (QED) is 0.707. The zero-order valence-electron chi connectivity index (χ0n) is 10.3. The van der Waals surface area contributed by atoms with Gasteiger partial charge in [0.1, 0.15) is 5.82 Å². The Morgan fingerprint density at radius 3 is 2.56 bits per heavy atom. The van der Waals surface area contributed by atoms with Crippen molar-refractivity contribution in [3.8, 4) is 0 Å². The summed E-state index contributed by atoms with van der Waals surface area (Å²) in [7, 11) is 0. The molecule has 0 unspecified atom stereocenters. The number of halogens is 1. The number of anilines is 1. The van der Waals surface area contributed by atoms with E-state index in [-0.39, 0.29) is 11.8 Å². The Labute approximate surface area is 104 Å². The summed E-state index contributed by atoms with van der Waals surface area (Å²) in [6, 6.07) is 2.38. The molecular weight excluding hydrogens is 235 g/mol. The zero-order valence-corrected chi connectivity index (χ0v) is 10.3. The molecule has 0 fully saturated rings. The predicted octanol–water partition coefficient (Wildman–Crippen LogP) is 1.52. The minimum atomic E-state index is -0.388. The standard InChI is InChI=1S/C12H15FN4O/c1-7-5-9(13)6-8(2)10(7)16-12(18)17-11-14-3-4-15-11/h5-6H,3-4H2,1-2H3,(H3,14,15,16,17,18). The first-order valence-corrected chi connectivity index (χ1v) is 5.69. The van der Waals surface area contributed by atoms with Gasteiger partial charge in [0.2, 0.25) is 0 Å². The second kappa shape index (κ2) is 5.03. The molecule has 18 heavy (non-hydrogen) atoms. The molecule has 1 heterocycles. The van der Waals surface area contributed by atoms with Crippen LogP contribution < -0.4 is 16.0 Å². The van der Waals surface area contributed by atoms with Crippen LogP contribution in [0.4, 0.5) is 14.9 Å². The van der Waals surface area contributed by atoms with Gasteiger partial charge in [0.05, 0.1) is 6.54 Å². The van der Waals surface area contributed by atoms with Crippen molar-refractivity contribution in [2.24, 2.45) is 4.99 Å². The lowest BCUT2D eigenvalue weighted by Gasteiger charge is -2.12. The fourth-order valence-corrected chi connectivity index (χ4v) is 1.84. The van der Waals surface area contributed by atoms with Gasteiger partial charge in [0.15, 0.2) is 5.96 Å². The topological polar surface area (TPSA) is 65.5 Å². The highest BCUT2D eigenvalue weighted by atomic mass is 19.1. The molecule has 1 aliphatic heterocycles. The number of aryl methyl sites for hydroxylation is 2. The molecule has 0 spiro atoms. The lowest BCUT2D eigenvalue weighted by Crippen LogP contribution is -2.40. The highest BCUT2D eigenvalue weighted by Crippen LogP contribution is 2.21. The first kappa shape index (κ1) is 12.3. The van der Waals surface area contributed by atoms with E-state index in [4.69, 9.17) is 0 Å². The van der Waals surface area contributed by atoms with Gasteiger partial charge in [0, 0.05) is 12.2 Å². The van der Waals surface area contributed by atoms with E-state index in [0.717, 1.165) is 6.54 Å². The fourth-order valence-electron chi connectivity index (χ4n) is 1.84. The molecule has 96 valence electrons. The average Bonchev–Trinajstić information content (AvgIpc) is 2.76. The van der Waals surface area contributed by atoms with Crippen molar-refractivity contribution < 1.29 is 9.18 Å². The molecule has 0 atom stereocenters. The molecule has 0 aliphatic carbocycles. The van der Waals surface area contributed by atoms with E-state index in [1.165, 1.54) is 12.1 Å². The summed E-state index contributed by atoms with van der Waals surface area (Å²) in [4.78, 5) is 15.8. The van der Waals surface area contributed by atoms with Gasteiger partial charge in [-0.25, -0.2) is 9.18 Å². The Morgan fingerprint density at radius 2 is 2.00 bits per heavy atom. The number of carbonyl (C=O) groups is 1. The van der Waals surface area contributed by atoms with Crippen LogP contribution in [0.5, 0.6) is 0 Å². The van der Waals surface area contributed by atoms with Crippen LogP contribution in [0.3, 0.4) is 0 Å². The number of amides is 2. The molecule has 6 heteroatoms. The summed E-state index contributed by atoms with van der Waals surface area (Å²) in [5.41, 5.74) is 1.99. The van der Waals surface area contributed by atoms with Crippen LogP contribution in [0, 0.1) is 19.7 Å². The monoisotopic (exact) mass is 250 g/mol. The molecule has 2 rings (SSSR count). The average molecular weight is 250 g/mol. The van der Waals surface area contributed by atoms with Crippen molar-refractivity contribution in [3.05, 3.63) is 29.1 Å². The van der Waals surface area contributed by atoms with Crippen molar-refractivity contribution in [1.29, 1.82) is 0 Å². The summed E-state index contributed by atoms with van der Waals surface area (Å²) in [6.45, 7) is 4.88. The number of nitrogens with zero attached hydrogens (tertiary/aromatic N) is 1. The molecule has 0 aromatic heterocycles. The number of benzene rings is 1. The SMILES string of the molecule is Cc1cc(F)cc(C)c1NC(=O)NC1=NCCN1. The maximum Gasteiger partial charge on any atom is 0.326 e. The van der Waals surface area contributed by atoms with E-state index in [9.17, 15) is 9.18 Å². The number of rotatable bonds is 1. The summed E-state index contributed by atoms with van der Waals surface area (Å²) < 4.78 is 13.1. The molecule has 0 radical (unpaired) electrons. The van der Waals surface area contributed by atoms with Crippen LogP contribution in [0.1, 0.15) is 11.1 Å². The molecule has 0 bridgehead atoms. The number of nitrogens with one attached hydrogen (secondary N) is 3. The molecule has 1 aromatic rings. The van der Waals surface area contributed by atoms with Gasteiger partial charge in [-0.15, -0.1) is 0 Å². The highest BCUT2D eigenvalue weighted by molar-refractivity contribution is 6.03. The third kappa shape index (κ3) is 2.77. The van der Waals surface area contributed by atoms with Gasteiger partial charge in [-0.05, 0) is 37.1 Å². The lowest BCUT2D eigenvalue weighted by molar-refractivity contribution is 0.256. The third-order valence-corrected chi connectivity index (χ3v) is 2.64. The summed E-state index contributed by atoms with van der Waals surface area (Å²) in [5, 5.41) is 8.22. The van der Waals surface area contributed by atoms with Crippen LogP contribution in [0.25, 0.3) is 0 Å². The van der Waals surface area contributed by atoms with Crippen LogP contribution in [-0.4, -0.2) is 25.1 Å². The van der Waals surface area contributed by atoms with E-state index in [1.807, 2.05) is 0 Å². The molecule has 0 saturated carbocycles.